The SMILES string of the molecule is Fc1ccc(-n2c(-c3ccc(I)nc3)nc3ccncc32)cc1. The van der Waals surface area contributed by atoms with Crippen molar-refractivity contribution in [1.82, 2.24) is 19.5 Å². The summed E-state index contributed by atoms with van der Waals surface area (Å²) in [6.45, 7) is 0. The van der Waals surface area contributed by atoms with Crippen molar-refractivity contribution in [1.29, 1.82) is 0 Å². The second-order valence-corrected chi connectivity index (χ2v) is 6.09. The highest BCUT2D eigenvalue weighted by atomic mass is 127. The summed E-state index contributed by atoms with van der Waals surface area (Å²) in [6.07, 6.45) is 5.26. The molecule has 0 spiro atoms. The fourth-order valence-electron chi connectivity index (χ4n) is 2.48. The van der Waals surface area contributed by atoms with Gasteiger partial charge in [-0.15, -0.1) is 0 Å². The minimum absolute atomic E-state index is 0.270. The molecule has 6 heteroatoms. The molecule has 4 nitrogen and oxygen atoms in total. The zero-order valence-electron chi connectivity index (χ0n) is 11.8. The van der Waals surface area contributed by atoms with Gasteiger partial charge in [0.1, 0.15) is 15.3 Å². The van der Waals surface area contributed by atoms with E-state index in [4.69, 9.17) is 4.98 Å². The van der Waals surface area contributed by atoms with Crippen molar-refractivity contribution in [2.24, 2.45) is 0 Å². The molecular weight excluding hydrogens is 406 g/mol. The molecule has 23 heavy (non-hydrogen) atoms. The molecular formula is C17H10FIN4. The summed E-state index contributed by atoms with van der Waals surface area (Å²) < 4.78 is 16.1. The van der Waals surface area contributed by atoms with E-state index < -0.39 is 0 Å². The highest BCUT2D eigenvalue weighted by Gasteiger charge is 2.14. The van der Waals surface area contributed by atoms with Crippen molar-refractivity contribution in [3.05, 3.63) is 70.6 Å². The maximum Gasteiger partial charge on any atom is 0.147 e. The second kappa shape index (κ2) is 5.69. The lowest BCUT2D eigenvalue weighted by Gasteiger charge is -2.09. The van der Waals surface area contributed by atoms with Gasteiger partial charge in [0.2, 0.25) is 0 Å². The van der Waals surface area contributed by atoms with Gasteiger partial charge in [0.05, 0.1) is 17.2 Å². The van der Waals surface area contributed by atoms with E-state index >= 15 is 0 Å². The van der Waals surface area contributed by atoms with Crippen molar-refractivity contribution in [2.45, 2.75) is 0 Å². The van der Waals surface area contributed by atoms with Crippen molar-refractivity contribution in [2.75, 3.05) is 0 Å². The Bertz CT molecular complexity index is 978. The molecule has 0 amide bonds. The van der Waals surface area contributed by atoms with E-state index in [1.54, 1.807) is 30.7 Å². The maximum absolute atomic E-state index is 13.3. The van der Waals surface area contributed by atoms with Gasteiger partial charge >= 0.3 is 0 Å². The Balaban J connectivity index is 2.01. The first-order chi connectivity index (χ1) is 11.2. The van der Waals surface area contributed by atoms with Crippen LogP contribution < -0.4 is 0 Å². The first-order valence-corrected chi connectivity index (χ1v) is 8.00. The molecule has 0 saturated carbocycles. The normalized spacial score (nSPS) is 11.0. The predicted molar refractivity (Wildman–Crippen MR) is 94.8 cm³/mol. The smallest absolute Gasteiger partial charge is 0.147 e. The quantitative estimate of drug-likeness (QED) is 0.363. The van der Waals surface area contributed by atoms with E-state index in [9.17, 15) is 4.39 Å². The Kier molecular flexibility index (Phi) is 3.53. The number of fused-ring (bicyclic) bond motifs is 1. The molecule has 0 unspecified atom stereocenters. The summed E-state index contributed by atoms with van der Waals surface area (Å²) in [7, 11) is 0. The molecule has 0 aliphatic rings. The summed E-state index contributed by atoms with van der Waals surface area (Å²) in [5.74, 6) is 0.484. The van der Waals surface area contributed by atoms with Crippen LogP contribution >= 0.6 is 22.6 Å². The number of benzene rings is 1. The fourth-order valence-corrected chi connectivity index (χ4v) is 2.80. The van der Waals surface area contributed by atoms with Gasteiger partial charge in [-0.25, -0.2) is 14.4 Å². The van der Waals surface area contributed by atoms with Gasteiger partial charge in [-0.2, -0.15) is 0 Å². The van der Waals surface area contributed by atoms with Gasteiger partial charge in [0.15, 0.2) is 0 Å². The zero-order valence-corrected chi connectivity index (χ0v) is 14.0. The van der Waals surface area contributed by atoms with E-state index in [0.717, 1.165) is 31.8 Å². The van der Waals surface area contributed by atoms with E-state index in [1.807, 2.05) is 22.8 Å². The van der Waals surface area contributed by atoms with Crippen LogP contribution in [0.3, 0.4) is 0 Å². The molecule has 0 atom stereocenters. The number of hydrogen-bond donors (Lipinski definition) is 0. The lowest BCUT2D eigenvalue weighted by Crippen LogP contribution is -1.98. The lowest BCUT2D eigenvalue weighted by atomic mass is 10.2. The van der Waals surface area contributed by atoms with Crippen LogP contribution in [0.1, 0.15) is 0 Å². The van der Waals surface area contributed by atoms with Crippen molar-refractivity contribution in [3.8, 4) is 17.1 Å². The van der Waals surface area contributed by atoms with E-state index in [1.165, 1.54) is 12.1 Å². The van der Waals surface area contributed by atoms with Gasteiger partial charge in [-0.05, 0) is 65.1 Å². The molecule has 0 N–H and O–H groups in total. The third-order valence-electron chi connectivity index (χ3n) is 3.53. The Hall–Kier alpha value is -2.35. The van der Waals surface area contributed by atoms with E-state index in [2.05, 4.69) is 32.6 Å². The van der Waals surface area contributed by atoms with Crippen LogP contribution in [0.4, 0.5) is 4.39 Å². The molecule has 3 heterocycles. The van der Waals surface area contributed by atoms with Crippen LogP contribution in [-0.4, -0.2) is 19.5 Å². The van der Waals surface area contributed by atoms with Crippen LogP contribution in [0.2, 0.25) is 0 Å². The third-order valence-corrected chi connectivity index (χ3v) is 4.17. The molecule has 1 aromatic carbocycles. The Morgan fingerprint density at radius 2 is 1.78 bits per heavy atom. The maximum atomic E-state index is 13.3. The van der Waals surface area contributed by atoms with Crippen LogP contribution in [0.25, 0.3) is 28.1 Å². The number of nitrogens with zero attached hydrogens (tertiary/aromatic N) is 4. The second-order valence-electron chi connectivity index (χ2n) is 4.98. The molecule has 3 aromatic heterocycles. The number of imidazole rings is 1. The monoisotopic (exact) mass is 416 g/mol. The standard InChI is InChI=1S/C17H10FIN4/c18-12-2-4-13(5-3-12)23-15-10-20-8-7-14(15)22-17(23)11-1-6-16(19)21-9-11/h1-10H. The number of hydrogen-bond acceptors (Lipinski definition) is 3. The molecule has 0 aliphatic carbocycles. The molecule has 4 aromatic rings. The average Bonchev–Trinajstić information content (AvgIpc) is 2.96. The number of halogens is 2. The first kappa shape index (κ1) is 14.3. The van der Waals surface area contributed by atoms with Gasteiger partial charge in [-0.3, -0.25) is 9.55 Å². The molecule has 0 fully saturated rings. The van der Waals surface area contributed by atoms with Gasteiger partial charge in [0, 0.05) is 23.6 Å². The zero-order chi connectivity index (χ0) is 15.8. The van der Waals surface area contributed by atoms with Crippen LogP contribution in [0, 0.1) is 9.52 Å². The van der Waals surface area contributed by atoms with Crippen LogP contribution in [0.15, 0.2) is 61.1 Å². The summed E-state index contributed by atoms with van der Waals surface area (Å²) in [4.78, 5) is 13.2. The third kappa shape index (κ3) is 2.59. The van der Waals surface area contributed by atoms with Crippen LogP contribution in [0.5, 0.6) is 0 Å². The molecule has 0 bridgehead atoms. The molecule has 0 radical (unpaired) electrons. The fraction of sp³-hybridized carbons (Fsp3) is 0. The summed E-state index contributed by atoms with van der Waals surface area (Å²) in [5.41, 5.74) is 3.42. The molecule has 0 aliphatic heterocycles. The topological polar surface area (TPSA) is 43.6 Å². The highest BCUT2D eigenvalue weighted by Crippen LogP contribution is 2.28. The minimum Gasteiger partial charge on any atom is -0.291 e. The van der Waals surface area contributed by atoms with E-state index in [-0.39, 0.29) is 5.82 Å². The van der Waals surface area contributed by atoms with Gasteiger partial charge in [-0.1, -0.05) is 0 Å². The minimum atomic E-state index is -0.270. The van der Waals surface area contributed by atoms with Crippen molar-refractivity contribution < 1.29 is 4.39 Å². The average molecular weight is 416 g/mol. The van der Waals surface area contributed by atoms with Gasteiger partial charge in [0.25, 0.3) is 0 Å². The molecule has 112 valence electrons. The highest BCUT2D eigenvalue weighted by molar-refractivity contribution is 14.1. The number of rotatable bonds is 2. The summed E-state index contributed by atoms with van der Waals surface area (Å²) >= 11 is 2.16. The Morgan fingerprint density at radius 3 is 2.52 bits per heavy atom. The Labute approximate surface area is 145 Å². The van der Waals surface area contributed by atoms with Gasteiger partial charge < -0.3 is 0 Å². The largest absolute Gasteiger partial charge is 0.291 e. The summed E-state index contributed by atoms with van der Waals surface area (Å²) in [6, 6.07) is 12.1. The number of pyridine rings is 2. The summed E-state index contributed by atoms with van der Waals surface area (Å²) in [5, 5.41) is 0. The Morgan fingerprint density at radius 1 is 0.957 bits per heavy atom. The van der Waals surface area contributed by atoms with Crippen LogP contribution in [-0.2, 0) is 0 Å². The number of aromatic nitrogens is 4. The first-order valence-electron chi connectivity index (χ1n) is 6.93. The van der Waals surface area contributed by atoms with Crippen molar-refractivity contribution in [3.63, 3.8) is 0 Å². The van der Waals surface area contributed by atoms with E-state index in [0.29, 0.717) is 0 Å². The molecule has 0 saturated heterocycles. The lowest BCUT2D eigenvalue weighted by molar-refractivity contribution is 0.627. The molecule has 4 rings (SSSR count). The predicted octanol–water partition coefficient (Wildman–Crippen LogP) is 4.23. The van der Waals surface area contributed by atoms with Crippen molar-refractivity contribution >= 4 is 33.6 Å².